The Bertz CT molecular complexity index is 677. The molecule has 5 atom stereocenters. The molecular formula is C17H23NO7. The molecule has 0 aromatic heterocycles. The van der Waals surface area contributed by atoms with Crippen molar-refractivity contribution in [2.45, 2.75) is 50.5 Å². The monoisotopic (exact) mass is 353 g/mol. The van der Waals surface area contributed by atoms with Gasteiger partial charge < -0.3 is 35.2 Å². The zero-order chi connectivity index (χ0) is 18.3. The number of hydrogen-bond donors (Lipinski definition) is 5. The van der Waals surface area contributed by atoms with Gasteiger partial charge in [-0.25, -0.2) is 0 Å². The predicted octanol–water partition coefficient (Wildman–Crippen LogP) is -0.128. The van der Waals surface area contributed by atoms with Crippen LogP contribution in [-0.4, -0.2) is 63.9 Å². The van der Waals surface area contributed by atoms with Crippen LogP contribution >= 0.6 is 0 Å². The normalized spacial score (nSPS) is 30.9. The molecule has 0 spiro atoms. The molecule has 1 amide bonds. The van der Waals surface area contributed by atoms with E-state index in [1.165, 1.54) is 0 Å². The number of ether oxygens (including phenoxy) is 2. The fourth-order valence-electron chi connectivity index (χ4n) is 3.68. The average Bonchev–Trinajstić information content (AvgIpc) is 2.57. The summed E-state index contributed by atoms with van der Waals surface area (Å²) in [6, 6.07) is 0.849. The van der Waals surface area contributed by atoms with Crippen molar-refractivity contribution >= 4 is 5.91 Å². The van der Waals surface area contributed by atoms with Crippen LogP contribution in [0, 0.1) is 0 Å². The standard InChI is InChI=1S/C17H23NO7/c1-3-24-10-6-7-8-5-9(19)13(20)15(22)12(8)18-17(23)11(7)14(21)16(10)25-4-2/h6,8-9,12-13,15,19-22H,3-5H2,1-2H3,(H,18,23). The molecule has 5 N–H and O–H groups in total. The van der Waals surface area contributed by atoms with Crippen molar-refractivity contribution in [3.63, 3.8) is 0 Å². The minimum absolute atomic E-state index is 0.0453. The van der Waals surface area contributed by atoms with Crippen LogP contribution in [0.25, 0.3) is 0 Å². The number of aliphatic hydroxyl groups is 3. The minimum Gasteiger partial charge on any atom is -0.504 e. The van der Waals surface area contributed by atoms with E-state index in [-0.39, 0.29) is 30.1 Å². The van der Waals surface area contributed by atoms with Gasteiger partial charge in [0.1, 0.15) is 12.2 Å². The number of amides is 1. The lowest BCUT2D eigenvalue weighted by Crippen LogP contribution is -2.61. The Morgan fingerprint density at radius 2 is 1.84 bits per heavy atom. The summed E-state index contributed by atoms with van der Waals surface area (Å²) < 4.78 is 11.0. The van der Waals surface area contributed by atoms with Gasteiger partial charge in [-0.15, -0.1) is 0 Å². The van der Waals surface area contributed by atoms with Crippen molar-refractivity contribution < 1.29 is 34.7 Å². The van der Waals surface area contributed by atoms with E-state index in [1.54, 1.807) is 19.9 Å². The molecule has 0 saturated heterocycles. The maximum absolute atomic E-state index is 12.5. The number of fused-ring (bicyclic) bond motifs is 3. The van der Waals surface area contributed by atoms with Gasteiger partial charge in [0.15, 0.2) is 11.5 Å². The van der Waals surface area contributed by atoms with Crippen molar-refractivity contribution in [1.29, 1.82) is 0 Å². The summed E-state index contributed by atoms with van der Waals surface area (Å²) in [4.78, 5) is 12.5. The van der Waals surface area contributed by atoms with E-state index in [9.17, 15) is 25.2 Å². The first-order valence-electron chi connectivity index (χ1n) is 8.41. The molecule has 1 heterocycles. The summed E-state index contributed by atoms with van der Waals surface area (Å²) in [5.74, 6) is -0.978. The van der Waals surface area contributed by atoms with Crippen LogP contribution < -0.4 is 14.8 Å². The smallest absolute Gasteiger partial charge is 0.255 e. The topological polar surface area (TPSA) is 128 Å². The second kappa shape index (κ2) is 6.70. The van der Waals surface area contributed by atoms with E-state index in [0.29, 0.717) is 17.9 Å². The lowest BCUT2D eigenvalue weighted by molar-refractivity contribution is -0.104. The highest BCUT2D eigenvalue weighted by Crippen LogP contribution is 2.48. The van der Waals surface area contributed by atoms with Gasteiger partial charge in [0.2, 0.25) is 5.75 Å². The highest BCUT2D eigenvalue weighted by molar-refractivity contribution is 6.01. The van der Waals surface area contributed by atoms with E-state index in [0.717, 1.165) is 0 Å². The van der Waals surface area contributed by atoms with Crippen molar-refractivity contribution in [3.8, 4) is 17.2 Å². The molecule has 1 aromatic carbocycles. The van der Waals surface area contributed by atoms with Gasteiger partial charge in [-0.3, -0.25) is 4.79 Å². The van der Waals surface area contributed by atoms with Crippen LogP contribution in [0.3, 0.4) is 0 Å². The summed E-state index contributed by atoms with van der Waals surface area (Å²) in [6.45, 7) is 4.15. The van der Waals surface area contributed by atoms with E-state index in [4.69, 9.17) is 9.47 Å². The molecule has 1 aromatic rings. The first-order chi connectivity index (χ1) is 11.9. The highest BCUT2D eigenvalue weighted by Gasteiger charge is 2.48. The van der Waals surface area contributed by atoms with E-state index < -0.39 is 36.2 Å². The summed E-state index contributed by atoms with van der Waals surface area (Å²) in [5.41, 5.74) is 0.507. The zero-order valence-electron chi connectivity index (χ0n) is 14.1. The lowest BCUT2D eigenvalue weighted by Gasteiger charge is -2.44. The van der Waals surface area contributed by atoms with Gasteiger partial charge in [0.25, 0.3) is 5.91 Å². The Morgan fingerprint density at radius 3 is 2.48 bits per heavy atom. The van der Waals surface area contributed by atoms with Crippen LogP contribution in [0.15, 0.2) is 6.07 Å². The Labute approximate surface area is 145 Å². The van der Waals surface area contributed by atoms with Crippen LogP contribution in [-0.2, 0) is 0 Å². The third-order valence-corrected chi connectivity index (χ3v) is 4.80. The van der Waals surface area contributed by atoms with Crippen molar-refractivity contribution in [1.82, 2.24) is 5.32 Å². The minimum atomic E-state index is -1.34. The molecule has 1 saturated carbocycles. The Morgan fingerprint density at radius 1 is 1.16 bits per heavy atom. The third-order valence-electron chi connectivity index (χ3n) is 4.80. The van der Waals surface area contributed by atoms with E-state index in [1.807, 2.05) is 0 Å². The van der Waals surface area contributed by atoms with Crippen LogP contribution in [0.5, 0.6) is 17.2 Å². The third kappa shape index (κ3) is 2.80. The van der Waals surface area contributed by atoms with Gasteiger partial charge in [-0.05, 0) is 31.9 Å². The fourth-order valence-corrected chi connectivity index (χ4v) is 3.68. The predicted molar refractivity (Wildman–Crippen MR) is 87.1 cm³/mol. The van der Waals surface area contributed by atoms with E-state index >= 15 is 0 Å². The van der Waals surface area contributed by atoms with Crippen LogP contribution in [0.4, 0.5) is 0 Å². The van der Waals surface area contributed by atoms with Crippen LogP contribution in [0.2, 0.25) is 0 Å². The number of carbonyl (C=O) groups excluding carboxylic acids is 1. The maximum Gasteiger partial charge on any atom is 0.255 e. The number of aromatic hydroxyl groups is 1. The summed E-state index contributed by atoms with van der Waals surface area (Å²) in [6.07, 6.45) is -3.65. The number of nitrogens with one attached hydrogen (secondary N) is 1. The molecule has 1 aliphatic carbocycles. The molecule has 0 bridgehead atoms. The number of rotatable bonds is 4. The molecule has 1 fully saturated rings. The van der Waals surface area contributed by atoms with Gasteiger partial charge in [-0.1, -0.05) is 0 Å². The van der Waals surface area contributed by atoms with Crippen molar-refractivity contribution in [2.24, 2.45) is 0 Å². The van der Waals surface area contributed by atoms with Crippen molar-refractivity contribution in [2.75, 3.05) is 13.2 Å². The summed E-state index contributed by atoms with van der Waals surface area (Å²) in [7, 11) is 0. The summed E-state index contributed by atoms with van der Waals surface area (Å²) in [5, 5.41) is 43.3. The zero-order valence-corrected chi connectivity index (χ0v) is 14.1. The first-order valence-corrected chi connectivity index (χ1v) is 8.41. The van der Waals surface area contributed by atoms with Gasteiger partial charge >= 0.3 is 0 Å². The molecule has 3 rings (SSSR count). The Kier molecular flexibility index (Phi) is 4.77. The molecule has 8 nitrogen and oxygen atoms in total. The number of aliphatic hydroxyl groups excluding tert-OH is 3. The lowest BCUT2D eigenvalue weighted by atomic mass is 9.72. The average molecular weight is 353 g/mol. The molecule has 2 aliphatic rings. The molecular weight excluding hydrogens is 330 g/mol. The molecule has 0 radical (unpaired) electrons. The molecule has 25 heavy (non-hydrogen) atoms. The number of hydrogen-bond acceptors (Lipinski definition) is 7. The van der Waals surface area contributed by atoms with Gasteiger partial charge in [0.05, 0.1) is 30.9 Å². The molecule has 5 unspecified atom stereocenters. The quantitative estimate of drug-likeness (QED) is 0.510. The number of phenolic OH excluding ortho intramolecular Hbond substituents is 1. The summed E-state index contributed by atoms with van der Waals surface area (Å²) >= 11 is 0. The fraction of sp³-hybridized carbons (Fsp3) is 0.588. The van der Waals surface area contributed by atoms with Gasteiger partial charge in [-0.2, -0.15) is 0 Å². The van der Waals surface area contributed by atoms with Crippen LogP contribution in [0.1, 0.15) is 42.1 Å². The number of phenols is 1. The van der Waals surface area contributed by atoms with Crippen molar-refractivity contribution in [3.05, 3.63) is 17.2 Å². The molecule has 138 valence electrons. The second-order valence-corrected chi connectivity index (χ2v) is 6.27. The Hall–Kier alpha value is -2.03. The largest absolute Gasteiger partial charge is 0.504 e. The second-order valence-electron chi connectivity index (χ2n) is 6.27. The molecule has 1 aliphatic heterocycles. The highest BCUT2D eigenvalue weighted by atomic mass is 16.5. The molecule has 8 heteroatoms. The Balaban J connectivity index is 2.14. The van der Waals surface area contributed by atoms with Gasteiger partial charge in [0, 0.05) is 5.92 Å². The first kappa shape index (κ1) is 17.8. The maximum atomic E-state index is 12.5. The number of benzene rings is 1. The van der Waals surface area contributed by atoms with E-state index in [2.05, 4.69) is 5.32 Å². The SMILES string of the molecule is CCOc1cc2c(c(O)c1OCC)C(=O)NC1C2CC(O)C(O)C1O. The number of carbonyl (C=O) groups is 1.